The Morgan fingerprint density at radius 3 is 2.73 bits per heavy atom. The molecule has 30 heavy (non-hydrogen) atoms. The van der Waals surface area contributed by atoms with E-state index in [1.54, 1.807) is 26.5 Å². The van der Waals surface area contributed by atoms with Crippen LogP contribution in [0.15, 0.2) is 59.5 Å². The van der Waals surface area contributed by atoms with Gasteiger partial charge in [-0.3, -0.25) is 4.79 Å². The molecular weight excluding hydrogens is 495 g/mol. The summed E-state index contributed by atoms with van der Waals surface area (Å²) in [5.41, 5.74) is 2.08. The molecule has 4 aromatic rings. The van der Waals surface area contributed by atoms with Crippen LogP contribution >= 0.6 is 22.6 Å². The normalized spacial score (nSPS) is 10.8. The van der Waals surface area contributed by atoms with Gasteiger partial charge in [0.25, 0.3) is 5.56 Å². The Bertz CT molecular complexity index is 1270. The van der Waals surface area contributed by atoms with Gasteiger partial charge in [-0.2, -0.15) is 0 Å². The summed E-state index contributed by atoms with van der Waals surface area (Å²) in [6.07, 6.45) is 1.60. The highest BCUT2D eigenvalue weighted by atomic mass is 127. The van der Waals surface area contributed by atoms with Gasteiger partial charge >= 0.3 is 0 Å². The molecule has 0 atom stereocenters. The number of benzene rings is 2. The largest absolute Gasteiger partial charge is 0.497 e. The van der Waals surface area contributed by atoms with E-state index in [1.807, 2.05) is 42.5 Å². The molecule has 8 heteroatoms. The third-order valence-electron chi connectivity index (χ3n) is 4.66. The molecule has 0 amide bonds. The smallest absolute Gasteiger partial charge is 0.259 e. The first kappa shape index (κ1) is 20.1. The van der Waals surface area contributed by atoms with Gasteiger partial charge in [0.2, 0.25) is 0 Å². The van der Waals surface area contributed by atoms with Crippen LogP contribution in [0.25, 0.3) is 22.3 Å². The number of ether oxygens (including phenoxy) is 2. The maximum Gasteiger partial charge on any atom is 0.259 e. The quantitative estimate of drug-likeness (QED) is 0.375. The van der Waals surface area contributed by atoms with Gasteiger partial charge < -0.3 is 19.8 Å². The number of aromatic amines is 1. The van der Waals surface area contributed by atoms with Crippen molar-refractivity contribution in [3.05, 3.63) is 74.2 Å². The van der Waals surface area contributed by atoms with E-state index in [4.69, 9.17) is 14.5 Å². The fourth-order valence-electron chi connectivity index (χ4n) is 3.14. The zero-order valence-electron chi connectivity index (χ0n) is 16.4. The number of methoxy groups -OCH3 is 2. The number of H-pyrrole nitrogens is 1. The fourth-order valence-corrected chi connectivity index (χ4v) is 3.69. The van der Waals surface area contributed by atoms with Crippen LogP contribution in [0.1, 0.15) is 5.56 Å². The Morgan fingerprint density at radius 2 is 1.97 bits per heavy atom. The molecule has 2 heterocycles. The van der Waals surface area contributed by atoms with E-state index in [0.717, 1.165) is 14.7 Å². The van der Waals surface area contributed by atoms with Crippen LogP contribution in [0.2, 0.25) is 0 Å². The number of nitrogens with one attached hydrogen (secondary N) is 2. The van der Waals surface area contributed by atoms with Crippen molar-refractivity contribution < 1.29 is 9.47 Å². The van der Waals surface area contributed by atoms with Crippen molar-refractivity contribution in [2.24, 2.45) is 0 Å². The summed E-state index contributed by atoms with van der Waals surface area (Å²) >= 11 is 2.23. The molecule has 7 nitrogen and oxygen atoms in total. The van der Waals surface area contributed by atoms with Crippen molar-refractivity contribution in [3.63, 3.8) is 0 Å². The van der Waals surface area contributed by atoms with Gasteiger partial charge in [-0.1, -0.05) is 12.1 Å². The Morgan fingerprint density at radius 1 is 1.10 bits per heavy atom. The first-order chi connectivity index (χ1) is 14.6. The molecule has 0 aliphatic heterocycles. The molecule has 2 aromatic heterocycles. The lowest BCUT2D eigenvalue weighted by Crippen LogP contribution is -2.12. The molecular formula is C22H19IN4O3. The van der Waals surface area contributed by atoms with Gasteiger partial charge in [0.1, 0.15) is 22.8 Å². The van der Waals surface area contributed by atoms with E-state index >= 15 is 0 Å². The van der Waals surface area contributed by atoms with Crippen LogP contribution < -0.4 is 20.3 Å². The minimum atomic E-state index is -0.207. The number of anilines is 1. The molecule has 2 aromatic carbocycles. The predicted octanol–water partition coefficient (Wildman–Crippen LogP) is 4.22. The van der Waals surface area contributed by atoms with E-state index in [2.05, 4.69) is 37.9 Å². The summed E-state index contributed by atoms with van der Waals surface area (Å²) in [6, 6.07) is 15.1. The highest BCUT2D eigenvalue weighted by molar-refractivity contribution is 14.1. The van der Waals surface area contributed by atoms with Gasteiger partial charge in [-0.15, -0.1) is 0 Å². The molecule has 0 saturated heterocycles. The van der Waals surface area contributed by atoms with Crippen molar-refractivity contribution in [1.82, 2.24) is 15.0 Å². The molecule has 2 N–H and O–H groups in total. The van der Waals surface area contributed by atoms with Gasteiger partial charge in [0.05, 0.1) is 19.6 Å². The molecule has 152 valence electrons. The number of hydrogen-bond acceptors (Lipinski definition) is 6. The molecule has 0 aliphatic rings. The zero-order chi connectivity index (χ0) is 21.1. The Kier molecular flexibility index (Phi) is 5.84. The first-order valence-electron chi connectivity index (χ1n) is 9.19. The van der Waals surface area contributed by atoms with Crippen LogP contribution in [0.5, 0.6) is 11.5 Å². The Labute approximate surface area is 186 Å². The number of rotatable bonds is 6. The van der Waals surface area contributed by atoms with Crippen LogP contribution in [-0.4, -0.2) is 29.2 Å². The van der Waals surface area contributed by atoms with Crippen molar-refractivity contribution >= 4 is 39.3 Å². The minimum Gasteiger partial charge on any atom is -0.497 e. The standard InChI is InChI=1S/C22H19IN4O3/c1-29-16-7-6-14(18(11-16)30-2)12-25-21-19-17(8-9-24-21)22(28)27-20(26-19)13-4-3-5-15(23)10-13/h3-11H,12H2,1-2H3,(H,24,25)(H,26,27,28). The number of halogens is 1. The second-order valence-electron chi connectivity index (χ2n) is 6.51. The van der Waals surface area contributed by atoms with Gasteiger partial charge in [-0.25, -0.2) is 9.97 Å². The van der Waals surface area contributed by atoms with Gasteiger partial charge in [0.15, 0.2) is 5.82 Å². The lowest BCUT2D eigenvalue weighted by molar-refractivity contribution is 0.391. The predicted molar refractivity (Wildman–Crippen MR) is 125 cm³/mol. The molecule has 0 fully saturated rings. The van der Waals surface area contributed by atoms with Crippen molar-refractivity contribution in [2.75, 3.05) is 19.5 Å². The first-order valence-corrected chi connectivity index (χ1v) is 10.3. The summed E-state index contributed by atoms with van der Waals surface area (Å²) in [4.78, 5) is 24.6. The van der Waals surface area contributed by atoms with Crippen molar-refractivity contribution in [3.8, 4) is 22.9 Å². The second kappa shape index (κ2) is 8.70. The third kappa shape index (κ3) is 4.09. The Balaban J connectivity index is 1.72. The number of fused-ring (bicyclic) bond motifs is 1. The van der Waals surface area contributed by atoms with Crippen LogP contribution in [0.3, 0.4) is 0 Å². The maximum atomic E-state index is 12.7. The molecule has 0 unspecified atom stereocenters. The molecule has 0 saturated carbocycles. The zero-order valence-corrected chi connectivity index (χ0v) is 18.6. The number of pyridine rings is 1. The van der Waals surface area contributed by atoms with Crippen LogP contribution in [0.4, 0.5) is 5.82 Å². The lowest BCUT2D eigenvalue weighted by atomic mass is 10.2. The maximum absolute atomic E-state index is 12.7. The van der Waals surface area contributed by atoms with Crippen molar-refractivity contribution in [2.45, 2.75) is 6.54 Å². The average Bonchev–Trinajstić information content (AvgIpc) is 2.77. The molecule has 0 bridgehead atoms. The highest BCUT2D eigenvalue weighted by Gasteiger charge is 2.12. The fraction of sp³-hybridized carbons (Fsp3) is 0.136. The van der Waals surface area contributed by atoms with E-state index in [1.165, 1.54) is 0 Å². The van der Waals surface area contributed by atoms with Crippen molar-refractivity contribution in [1.29, 1.82) is 0 Å². The van der Waals surface area contributed by atoms with Crippen LogP contribution in [-0.2, 0) is 6.54 Å². The number of hydrogen-bond donors (Lipinski definition) is 2. The summed E-state index contributed by atoms with van der Waals surface area (Å²) in [6.45, 7) is 0.451. The molecule has 0 spiro atoms. The van der Waals surface area contributed by atoms with E-state index < -0.39 is 0 Å². The van der Waals surface area contributed by atoms with E-state index in [9.17, 15) is 4.79 Å². The highest BCUT2D eigenvalue weighted by Crippen LogP contribution is 2.26. The SMILES string of the molecule is COc1ccc(CNc2nccc3c(=O)[nH]c(-c4cccc(I)c4)nc23)c(OC)c1. The summed E-state index contributed by atoms with van der Waals surface area (Å²) in [5.74, 6) is 2.45. The number of nitrogens with zero attached hydrogens (tertiary/aromatic N) is 2. The number of aromatic nitrogens is 3. The Hall–Kier alpha value is -3.14. The summed E-state index contributed by atoms with van der Waals surface area (Å²) < 4.78 is 11.8. The summed E-state index contributed by atoms with van der Waals surface area (Å²) in [5, 5.41) is 3.76. The topological polar surface area (TPSA) is 89.1 Å². The monoisotopic (exact) mass is 514 g/mol. The van der Waals surface area contributed by atoms with Gasteiger partial charge in [0, 0.05) is 33.5 Å². The van der Waals surface area contributed by atoms with E-state index in [-0.39, 0.29) is 5.56 Å². The average molecular weight is 514 g/mol. The molecule has 0 aliphatic carbocycles. The summed E-state index contributed by atoms with van der Waals surface area (Å²) in [7, 11) is 3.23. The second-order valence-corrected chi connectivity index (χ2v) is 7.76. The molecule has 4 rings (SSSR count). The lowest BCUT2D eigenvalue weighted by Gasteiger charge is -2.13. The minimum absolute atomic E-state index is 0.207. The van der Waals surface area contributed by atoms with Gasteiger partial charge in [-0.05, 0) is 52.9 Å². The van der Waals surface area contributed by atoms with E-state index in [0.29, 0.717) is 40.6 Å². The molecule has 0 radical (unpaired) electrons. The third-order valence-corrected chi connectivity index (χ3v) is 5.33. The van der Waals surface area contributed by atoms with Crippen LogP contribution in [0, 0.1) is 3.57 Å².